The van der Waals surface area contributed by atoms with Gasteiger partial charge in [0.2, 0.25) is 5.85 Å². The van der Waals surface area contributed by atoms with E-state index in [0.29, 0.717) is 5.56 Å². The van der Waals surface area contributed by atoms with Gasteiger partial charge in [-0.25, -0.2) is 9.18 Å². The molecule has 4 aromatic carbocycles. The molecule has 0 radical (unpaired) electrons. The lowest BCUT2D eigenvalue weighted by Crippen LogP contribution is -3.00. The predicted octanol–water partition coefficient (Wildman–Crippen LogP) is 1.99. The summed E-state index contributed by atoms with van der Waals surface area (Å²) < 4.78 is 20.0. The van der Waals surface area contributed by atoms with Gasteiger partial charge in [0.1, 0.15) is 21.7 Å². The van der Waals surface area contributed by atoms with Crippen molar-refractivity contribution in [2.75, 3.05) is 0 Å². The summed E-state index contributed by atoms with van der Waals surface area (Å²) in [6, 6.07) is 35.0. The van der Waals surface area contributed by atoms with Crippen molar-refractivity contribution < 1.29 is 30.9 Å². The molecule has 0 N–H and O–H groups in total. The van der Waals surface area contributed by atoms with E-state index in [-0.39, 0.29) is 17.0 Å². The lowest BCUT2D eigenvalue weighted by molar-refractivity contribution is -0.0000237. The zero-order chi connectivity index (χ0) is 20.6. The predicted molar refractivity (Wildman–Crippen MR) is 120 cm³/mol. The molecule has 0 spiro atoms. The van der Waals surface area contributed by atoms with Crippen molar-refractivity contribution in [1.82, 2.24) is 0 Å². The number of hydrogen-bond acceptors (Lipinski definition) is 2. The molecule has 31 heavy (non-hydrogen) atoms. The number of halogens is 2. The summed E-state index contributed by atoms with van der Waals surface area (Å²) >= 11 is 0. The van der Waals surface area contributed by atoms with Crippen molar-refractivity contribution in [3.05, 3.63) is 126 Å². The summed E-state index contributed by atoms with van der Waals surface area (Å²) in [5.41, 5.74) is 1.05. The van der Waals surface area contributed by atoms with E-state index in [2.05, 4.69) is 36.4 Å². The van der Waals surface area contributed by atoms with E-state index in [4.69, 9.17) is 4.74 Å². The van der Waals surface area contributed by atoms with Crippen molar-refractivity contribution in [3.8, 4) is 0 Å². The average Bonchev–Trinajstić information content (AvgIpc) is 3.12. The number of cyclic esters (lactones) is 1. The molecule has 0 saturated carbocycles. The minimum absolute atomic E-state index is 0. The highest BCUT2D eigenvalue weighted by atomic mass is 79.9. The molecule has 4 aromatic rings. The number of esters is 1. The van der Waals surface area contributed by atoms with E-state index in [0.717, 1.165) is 21.5 Å². The second-order valence-corrected chi connectivity index (χ2v) is 10.7. The number of carbonyl (C=O) groups is 1. The van der Waals surface area contributed by atoms with Crippen LogP contribution in [-0.4, -0.2) is 5.97 Å². The summed E-state index contributed by atoms with van der Waals surface area (Å²) in [7, 11) is -2.45. The van der Waals surface area contributed by atoms with Gasteiger partial charge < -0.3 is 21.7 Å². The molecular formula is C26H19BrFO2P. The molecule has 0 aliphatic carbocycles. The minimum atomic E-state index is -2.45. The zero-order valence-corrected chi connectivity index (χ0v) is 19.0. The highest BCUT2D eigenvalue weighted by Crippen LogP contribution is 2.69. The molecule has 0 aromatic heterocycles. The van der Waals surface area contributed by atoms with Gasteiger partial charge >= 0.3 is 5.97 Å². The van der Waals surface area contributed by atoms with E-state index in [1.807, 2.05) is 54.6 Å². The monoisotopic (exact) mass is 492 g/mol. The number of fused-ring (bicyclic) bond motifs is 1. The lowest BCUT2D eigenvalue weighted by atomic mass is 10.1. The topological polar surface area (TPSA) is 26.3 Å². The number of hydrogen-bond donors (Lipinski definition) is 0. The third-order valence-corrected chi connectivity index (χ3v) is 9.99. The van der Waals surface area contributed by atoms with Gasteiger partial charge in [-0.2, -0.15) is 0 Å². The van der Waals surface area contributed by atoms with Gasteiger partial charge in [0.05, 0.1) is 5.56 Å². The van der Waals surface area contributed by atoms with Crippen molar-refractivity contribution in [2.24, 2.45) is 0 Å². The van der Waals surface area contributed by atoms with Crippen LogP contribution >= 0.6 is 7.26 Å². The molecule has 0 amide bonds. The molecule has 1 atom stereocenters. The van der Waals surface area contributed by atoms with Gasteiger partial charge in [-0.15, -0.1) is 0 Å². The Kier molecular flexibility index (Phi) is 6.04. The van der Waals surface area contributed by atoms with E-state index in [1.165, 1.54) is 12.1 Å². The van der Waals surface area contributed by atoms with Crippen molar-refractivity contribution >= 4 is 29.1 Å². The van der Waals surface area contributed by atoms with Crippen molar-refractivity contribution in [3.63, 3.8) is 0 Å². The minimum Gasteiger partial charge on any atom is -1.00 e. The first-order valence-corrected chi connectivity index (χ1v) is 11.6. The second kappa shape index (κ2) is 8.74. The lowest BCUT2D eigenvalue weighted by Gasteiger charge is -2.31. The Balaban J connectivity index is 0.00000231. The largest absolute Gasteiger partial charge is 1.00 e. The normalized spacial score (nSPS) is 15.0. The molecule has 1 aliphatic rings. The van der Waals surface area contributed by atoms with Crippen LogP contribution in [0.25, 0.3) is 0 Å². The maximum atomic E-state index is 13.9. The van der Waals surface area contributed by atoms with E-state index >= 15 is 0 Å². The summed E-state index contributed by atoms with van der Waals surface area (Å²) in [5, 5.41) is 3.33. The standard InChI is InChI=1S/C26H19FO2P.BrH/c27-19-16-17-23-24(18-19)25(28)29-26(23)30(20-10-4-1-5-11-20,21-12-6-2-7-13-21)22-14-8-3-9-15-22;/h1-18,26H;1H/q+1;/p-1. The summed E-state index contributed by atoms with van der Waals surface area (Å²) in [6.45, 7) is 0. The van der Waals surface area contributed by atoms with Crippen LogP contribution in [0.3, 0.4) is 0 Å². The smallest absolute Gasteiger partial charge is 0.342 e. The number of rotatable bonds is 4. The third kappa shape index (κ3) is 3.50. The van der Waals surface area contributed by atoms with Gasteiger partial charge in [0, 0.05) is 5.56 Å². The van der Waals surface area contributed by atoms with Crippen LogP contribution in [-0.2, 0) is 4.74 Å². The molecule has 2 nitrogen and oxygen atoms in total. The number of ether oxygens (including phenoxy) is 1. The first-order valence-electron chi connectivity index (χ1n) is 9.77. The molecule has 0 saturated heterocycles. The number of benzene rings is 4. The fourth-order valence-electron chi connectivity index (χ4n) is 4.28. The van der Waals surface area contributed by atoms with E-state index in [1.54, 1.807) is 6.07 Å². The van der Waals surface area contributed by atoms with Gasteiger partial charge in [0.15, 0.2) is 7.26 Å². The SMILES string of the molecule is O=C1OC([P+](c2ccccc2)(c2ccccc2)c2ccccc2)c2ccc(F)cc21.[Br-]. The summed E-state index contributed by atoms with van der Waals surface area (Å²) in [6.07, 6.45) is 0. The highest BCUT2D eigenvalue weighted by molar-refractivity contribution is 7.95. The Hall–Kier alpha value is -2.81. The molecule has 1 unspecified atom stereocenters. The average molecular weight is 493 g/mol. The van der Waals surface area contributed by atoms with Crippen LogP contribution in [0, 0.1) is 5.82 Å². The summed E-state index contributed by atoms with van der Waals surface area (Å²) in [5.74, 6) is -1.43. The number of carbonyl (C=O) groups excluding carboxylic acids is 1. The molecule has 0 bridgehead atoms. The van der Waals surface area contributed by atoms with Crippen LogP contribution in [0.2, 0.25) is 0 Å². The van der Waals surface area contributed by atoms with Gasteiger partial charge in [-0.1, -0.05) is 54.6 Å². The summed E-state index contributed by atoms with van der Waals surface area (Å²) in [4.78, 5) is 12.8. The highest BCUT2D eigenvalue weighted by Gasteiger charge is 2.58. The maximum Gasteiger partial charge on any atom is 0.342 e. The van der Waals surface area contributed by atoms with Crippen molar-refractivity contribution in [1.29, 1.82) is 0 Å². The van der Waals surface area contributed by atoms with Gasteiger partial charge in [-0.05, 0) is 54.6 Å². The third-order valence-electron chi connectivity index (χ3n) is 5.56. The van der Waals surface area contributed by atoms with Gasteiger partial charge in [-0.3, -0.25) is 0 Å². The maximum absolute atomic E-state index is 13.9. The fourth-order valence-corrected chi connectivity index (χ4v) is 8.81. The Morgan fingerprint density at radius 2 is 1.13 bits per heavy atom. The van der Waals surface area contributed by atoms with Crippen LogP contribution in [0.15, 0.2) is 109 Å². The molecule has 1 heterocycles. The fraction of sp³-hybridized carbons (Fsp3) is 0.0385. The first-order chi connectivity index (χ1) is 14.7. The van der Waals surface area contributed by atoms with Crippen LogP contribution < -0.4 is 32.9 Å². The Morgan fingerprint density at radius 1 is 0.677 bits per heavy atom. The van der Waals surface area contributed by atoms with Crippen molar-refractivity contribution in [2.45, 2.75) is 5.85 Å². The molecule has 1 aliphatic heterocycles. The van der Waals surface area contributed by atoms with E-state index in [9.17, 15) is 9.18 Å². The van der Waals surface area contributed by atoms with Crippen LogP contribution in [0.1, 0.15) is 21.8 Å². The second-order valence-electron chi connectivity index (χ2n) is 7.22. The molecule has 5 rings (SSSR count). The Morgan fingerprint density at radius 3 is 1.58 bits per heavy atom. The van der Waals surface area contributed by atoms with Crippen LogP contribution in [0.4, 0.5) is 4.39 Å². The first kappa shape index (κ1) is 21.4. The Bertz CT molecular complexity index is 1100. The van der Waals surface area contributed by atoms with Gasteiger partial charge in [0.25, 0.3) is 0 Å². The zero-order valence-electron chi connectivity index (χ0n) is 16.5. The quantitative estimate of drug-likeness (QED) is 0.321. The molecule has 0 fully saturated rings. The molecule has 154 valence electrons. The molecule has 5 heteroatoms. The van der Waals surface area contributed by atoms with E-state index < -0.39 is 24.9 Å². The van der Waals surface area contributed by atoms with Crippen LogP contribution in [0.5, 0.6) is 0 Å². The molecular weight excluding hydrogens is 474 g/mol. The Labute approximate surface area is 191 Å².